The van der Waals surface area contributed by atoms with Gasteiger partial charge in [0.1, 0.15) is 11.6 Å². The molecule has 0 saturated heterocycles. The molecule has 2 rings (SSSR count). The number of amides is 1. The Morgan fingerprint density at radius 1 is 1.37 bits per heavy atom. The predicted molar refractivity (Wildman–Crippen MR) is 70.4 cm³/mol. The van der Waals surface area contributed by atoms with Crippen molar-refractivity contribution in [3.8, 4) is 0 Å². The van der Waals surface area contributed by atoms with Gasteiger partial charge in [-0.15, -0.1) is 0 Å². The van der Waals surface area contributed by atoms with Crippen molar-refractivity contribution in [2.75, 3.05) is 10.4 Å². The molecule has 98 valence electrons. The van der Waals surface area contributed by atoms with Crippen LogP contribution in [0.3, 0.4) is 0 Å². The highest BCUT2D eigenvalue weighted by molar-refractivity contribution is 5.98. The highest BCUT2D eigenvalue weighted by atomic mass is 19.1. The van der Waals surface area contributed by atoms with Crippen LogP contribution in [-0.2, 0) is 4.79 Å². The summed E-state index contributed by atoms with van der Waals surface area (Å²) in [6, 6.07) is 8.48. The second-order valence-corrected chi connectivity index (χ2v) is 3.84. The van der Waals surface area contributed by atoms with E-state index in [0.29, 0.717) is 5.69 Å². The highest BCUT2D eigenvalue weighted by Crippen LogP contribution is 2.26. The van der Waals surface area contributed by atoms with Crippen LogP contribution in [0.2, 0.25) is 0 Å². The largest absolute Gasteiger partial charge is 0.761 e. The molecule has 1 aromatic carbocycles. The van der Waals surface area contributed by atoms with Gasteiger partial charge in [-0.2, -0.15) is 0 Å². The molecule has 1 amide bonds. The number of pyridine rings is 1. The van der Waals surface area contributed by atoms with Crippen molar-refractivity contribution < 1.29 is 9.18 Å². The zero-order chi connectivity index (χ0) is 13.8. The molecule has 1 heterocycles. The van der Waals surface area contributed by atoms with Crippen LogP contribution in [-0.4, -0.2) is 10.9 Å². The molecule has 0 saturated carbocycles. The zero-order valence-electron chi connectivity index (χ0n) is 10.1. The quantitative estimate of drug-likeness (QED) is 0.861. The Morgan fingerprint density at radius 2 is 2.16 bits per heavy atom. The second kappa shape index (κ2) is 5.45. The molecule has 0 aliphatic heterocycles. The van der Waals surface area contributed by atoms with Gasteiger partial charge in [-0.3, -0.25) is 9.69 Å². The van der Waals surface area contributed by atoms with Crippen LogP contribution in [0.1, 0.15) is 6.92 Å². The van der Waals surface area contributed by atoms with Gasteiger partial charge in [-0.05, 0) is 24.3 Å². The topological polar surface area (TPSA) is 68.3 Å². The third kappa shape index (κ3) is 2.86. The molecule has 0 bridgehead atoms. The van der Waals surface area contributed by atoms with Crippen molar-refractivity contribution in [1.82, 2.24) is 4.98 Å². The van der Waals surface area contributed by atoms with E-state index in [1.165, 1.54) is 48.4 Å². The number of aromatic nitrogens is 1. The van der Waals surface area contributed by atoms with E-state index < -0.39 is 5.82 Å². The number of carbonyl (C=O) groups is 1. The van der Waals surface area contributed by atoms with Crippen LogP contribution in [0.4, 0.5) is 21.6 Å². The number of rotatable bonds is 3. The van der Waals surface area contributed by atoms with Gasteiger partial charge in [0, 0.05) is 24.9 Å². The van der Waals surface area contributed by atoms with Gasteiger partial charge in [0.25, 0.3) is 0 Å². The average molecular weight is 260 g/mol. The van der Waals surface area contributed by atoms with E-state index in [9.17, 15) is 14.4 Å². The summed E-state index contributed by atoms with van der Waals surface area (Å²) >= 11 is 0. The predicted octanol–water partition coefficient (Wildman–Crippen LogP) is 2.82. The number of benzene rings is 1. The highest BCUT2D eigenvalue weighted by Gasteiger charge is 2.16. The Morgan fingerprint density at radius 3 is 2.79 bits per heavy atom. The molecule has 0 spiro atoms. The van der Waals surface area contributed by atoms with Gasteiger partial charge < -0.3 is 10.7 Å². The van der Waals surface area contributed by atoms with Gasteiger partial charge >= 0.3 is 0 Å². The van der Waals surface area contributed by atoms with E-state index in [1.54, 1.807) is 11.5 Å². The van der Waals surface area contributed by atoms with E-state index in [2.05, 4.69) is 4.98 Å². The molecular formula is C13H11FN3O2-. The molecule has 1 aromatic heterocycles. The molecule has 0 aliphatic carbocycles. The summed E-state index contributed by atoms with van der Waals surface area (Å²) in [5, 5.41) is 10.6. The van der Waals surface area contributed by atoms with Gasteiger partial charge in [0.15, 0.2) is 0 Å². The summed E-state index contributed by atoms with van der Waals surface area (Å²) in [6.07, 6.45) is 1.39. The van der Waals surface area contributed by atoms with Crippen LogP contribution < -0.4 is 10.4 Å². The Kier molecular flexibility index (Phi) is 3.72. The Balaban J connectivity index is 2.48. The molecule has 6 heteroatoms. The van der Waals surface area contributed by atoms with E-state index in [4.69, 9.17) is 0 Å². The number of nitrogens with one attached hydrogen (secondary N) is 1. The zero-order valence-corrected chi connectivity index (χ0v) is 10.1. The summed E-state index contributed by atoms with van der Waals surface area (Å²) in [5.41, 5.74) is 2.34. The Labute approximate surface area is 109 Å². The fourth-order valence-electron chi connectivity index (χ4n) is 1.69. The standard InChI is InChI=1S/C13H11FN3O2/c1-9(18)17(12-4-2-3-10(14)7-12)13-8-11(16-19)5-6-15-13/h2-8H,1H3,(H-,15,16,19)/q-1. The first-order valence-electron chi connectivity index (χ1n) is 5.52. The molecule has 0 atom stereocenters. The van der Waals surface area contributed by atoms with Crippen molar-refractivity contribution in [2.24, 2.45) is 0 Å². The molecule has 5 nitrogen and oxygen atoms in total. The number of nitrogens with zero attached hydrogens (tertiary/aromatic N) is 2. The third-order valence-corrected chi connectivity index (χ3v) is 2.47. The van der Waals surface area contributed by atoms with Gasteiger partial charge in [-0.1, -0.05) is 6.07 Å². The van der Waals surface area contributed by atoms with E-state index >= 15 is 0 Å². The van der Waals surface area contributed by atoms with Crippen molar-refractivity contribution in [3.63, 3.8) is 0 Å². The van der Waals surface area contributed by atoms with Crippen LogP contribution in [0.5, 0.6) is 0 Å². The minimum atomic E-state index is -0.457. The number of carbonyl (C=O) groups excluding carboxylic acids is 1. The second-order valence-electron chi connectivity index (χ2n) is 3.84. The van der Waals surface area contributed by atoms with Crippen LogP contribution in [0, 0.1) is 11.0 Å². The summed E-state index contributed by atoms with van der Waals surface area (Å²) < 4.78 is 13.2. The average Bonchev–Trinajstić information content (AvgIpc) is 2.39. The van der Waals surface area contributed by atoms with Crippen LogP contribution in [0.15, 0.2) is 42.6 Å². The monoisotopic (exact) mass is 260 g/mol. The van der Waals surface area contributed by atoms with Crippen LogP contribution >= 0.6 is 0 Å². The van der Waals surface area contributed by atoms with Crippen molar-refractivity contribution >= 4 is 23.1 Å². The number of anilines is 3. The molecular weight excluding hydrogens is 249 g/mol. The number of hydrogen-bond acceptors (Lipinski definition) is 4. The van der Waals surface area contributed by atoms with E-state index in [1.807, 2.05) is 0 Å². The summed E-state index contributed by atoms with van der Waals surface area (Å²) in [7, 11) is 0. The molecule has 1 N–H and O–H groups in total. The SMILES string of the molecule is CC(=O)N(c1cccc(F)c1)c1cc(N[O-])ccn1. The van der Waals surface area contributed by atoms with Crippen molar-refractivity contribution in [2.45, 2.75) is 6.92 Å². The number of halogens is 1. The fraction of sp³-hybridized carbons (Fsp3) is 0.0769. The normalized spacial score (nSPS) is 10.1. The molecule has 0 radical (unpaired) electrons. The minimum absolute atomic E-state index is 0.249. The lowest BCUT2D eigenvalue weighted by Gasteiger charge is -2.21. The Hall–Kier alpha value is -2.47. The molecule has 19 heavy (non-hydrogen) atoms. The minimum Gasteiger partial charge on any atom is -0.761 e. The lowest BCUT2D eigenvalue weighted by molar-refractivity contribution is -0.115. The molecule has 0 fully saturated rings. The molecule has 2 aromatic rings. The van der Waals surface area contributed by atoms with Crippen molar-refractivity contribution in [3.05, 3.63) is 53.6 Å². The Bertz CT molecular complexity index is 604. The first kappa shape index (κ1) is 13.0. The van der Waals surface area contributed by atoms with Crippen molar-refractivity contribution in [1.29, 1.82) is 0 Å². The smallest absolute Gasteiger partial charge is 0.229 e. The maximum absolute atomic E-state index is 13.2. The van der Waals surface area contributed by atoms with Crippen LogP contribution in [0.25, 0.3) is 0 Å². The van der Waals surface area contributed by atoms with E-state index in [-0.39, 0.29) is 17.4 Å². The van der Waals surface area contributed by atoms with Gasteiger partial charge in [-0.25, -0.2) is 9.37 Å². The number of hydrogen-bond donors (Lipinski definition) is 1. The molecule has 0 unspecified atom stereocenters. The van der Waals surface area contributed by atoms with Gasteiger partial charge in [0.05, 0.1) is 5.69 Å². The maximum atomic E-state index is 13.2. The molecule has 0 aliphatic rings. The first-order chi connectivity index (χ1) is 9.11. The summed E-state index contributed by atoms with van der Waals surface area (Å²) in [6.45, 7) is 1.34. The summed E-state index contributed by atoms with van der Waals surface area (Å²) in [5.74, 6) is -0.540. The first-order valence-corrected chi connectivity index (χ1v) is 5.52. The fourth-order valence-corrected chi connectivity index (χ4v) is 1.69. The maximum Gasteiger partial charge on any atom is 0.229 e. The summed E-state index contributed by atoms with van der Waals surface area (Å²) in [4.78, 5) is 17.0. The lowest BCUT2D eigenvalue weighted by Crippen LogP contribution is -2.23. The van der Waals surface area contributed by atoms with E-state index in [0.717, 1.165) is 0 Å². The van der Waals surface area contributed by atoms with Gasteiger partial charge in [0.2, 0.25) is 5.91 Å². The lowest BCUT2D eigenvalue weighted by atomic mass is 10.2. The third-order valence-electron chi connectivity index (χ3n) is 2.47.